The summed E-state index contributed by atoms with van der Waals surface area (Å²) >= 11 is 0. The first-order valence-electron chi connectivity index (χ1n) is 13.2. The third-order valence-electron chi connectivity index (χ3n) is 5.91. The minimum Gasteiger partial charge on any atom is -0.465 e. The van der Waals surface area contributed by atoms with Gasteiger partial charge in [0.2, 0.25) is 0 Å². The Morgan fingerprint density at radius 1 is 0.613 bits per heavy atom. The summed E-state index contributed by atoms with van der Waals surface area (Å²) in [6.07, 6.45) is 20.0. The quantitative estimate of drug-likeness (QED) is 0.103. The first-order chi connectivity index (χ1) is 14.8. The smallest absolute Gasteiger partial charge is 0.322 e. The van der Waals surface area contributed by atoms with Gasteiger partial charge in [-0.05, 0) is 39.0 Å². The van der Waals surface area contributed by atoms with Gasteiger partial charge in [-0.15, -0.1) is 0 Å². The van der Waals surface area contributed by atoms with Gasteiger partial charge >= 0.3 is 11.9 Å². The van der Waals surface area contributed by atoms with Crippen molar-refractivity contribution in [1.82, 2.24) is 0 Å². The monoisotopic (exact) mass is 440 g/mol. The maximum Gasteiger partial charge on any atom is 0.322 e. The lowest BCUT2D eigenvalue weighted by Crippen LogP contribution is -2.37. The molecule has 0 aromatic heterocycles. The largest absolute Gasteiger partial charge is 0.465 e. The first kappa shape index (κ1) is 29.9. The summed E-state index contributed by atoms with van der Waals surface area (Å²) in [5.74, 6) is -0.375. The number of ether oxygens (including phenoxy) is 2. The molecule has 0 amide bonds. The number of hydrogen-bond acceptors (Lipinski definition) is 4. The SMILES string of the molecule is CCCCCCCCCCCCCCCCOC(=O)C(C)(C)C(=O)OCCCC(C)C. The standard InChI is InChI=1S/C27H52O4/c1-6-7-8-9-10-11-12-13-14-15-16-17-18-19-22-30-25(28)27(4,5)26(29)31-23-20-21-24(2)3/h24H,6-23H2,1-5H3. The molecule has 0 heterocycles. The molecule has 0 aliphatic heterocycles. The fourth-order valence-electron chi connectivity index (χ4n) is 3.56. The summed E-state index contributed by atoms with van der Waals surface area (Å²) in [7, 11) is 0. The highest BCUT2D eigenvalue weighted by atomic mass is 16.6. The van der Waals surface area contributed by atoms with E-state index in [2.05, 4.69) is 20.8 Å². The van der Waals surface area contributed by atoms with Crippen LogP contribution in [0.1, 0.15) is 137 Å². The molecule has 0 rings (SSSR count). The molecular weight excluding hydrogens is 388 g/mol. The Balaban J connectivity index is 3.58. The molecule has 0 radical (unpaired) electrons. The van der Waals surface area contributed by atoms with Crippen molar-refractivity contribution in [3.8, 4) is 0 Å². The van der Waals surface area contributed by atoms with E-state index < -0.39 is 17.4 Å². The molecule has 31 heavy (non-hydrogen) atoms. The van der Waals surface area contributed by atoms with Gasteiger partial charge in [-0.2, -0.15) is 0 Å². The van der Waals surface area contributed by atoms with Crippen LogP contribution in [-0.2, 0) is 19.1 Å². The van der Waals surface area contributed by atoms with Crippen molar-refractivity contribution in [2.24, 2.45) is 11.3 Å². The molecule has 0 fully saturated rings. The molecule has 4 heteroatoms. The van der Waals surface area contributed by atoms with E-state index in [1.165, 1.54) is 77.0 Å². The molecule has 0 aliphatic rings. The molecule has 0 atom stereocenters. The zero-order chi connectivity index (χ0) is 23.4. The van der Waals surface area contributed by atoms with Crippen molar-refractivity contribution < 1.29 is 19.1 Å². The lowest BCUT2D eigenvalue weighted by atomic mass is 9.94. The van der Waals surface area contributed by atoms with Gasteiger partial charge in [-0.25, -0.2) is 0 Å². The van der Waals surface area contributed by atoms with Crippen LogP contribution < -0.4 is 0 Å². The van der Waals surface area contributed by atoms with Gasteiger partial charge in [0.25, 0.3) is 0 Å². The lowest BCUT2D eigenvalue weighted by molar-refractivity contribution is -0.170. The Bertz CT molecular complexity index is 443. The molecule has 0 unspecified atom stereocenters. The minimum atomic E-state index is -1.23. The molecule has 0 spiro atoms. The Labute approximate surface area is 193 Å². The van der Waals surface area contributed by atoms with Crippen molar-refractivity contribution in [2.75, 3.05) is 13.2 Å². The van der Waals surface area contributed by atoms with Crippen LogP contribution in [0.2, 0.25) is 0 Å². The summed E-state index contributed by atoms with van der Waals surface area (Å²) in [5.41, 5.74) is -1.23. The van der Waals surface area contributed by atoms with Crippen molar-refractivity contribution >= 4 is 11.9 Å². The second kappa shape index (κ2) is 19.6. The summed E-state index contributed by atoms with van der Waals surface area (Å²) < 4.78 is 10.6. The average Bonchev–Trinajstić information content (AvgIpc) is 2.73. The van der Waals surface area contributed by atoms with Crippen LogP contribution in [-0.4, -0.2) is 25.2 Å². The maximum absolute atomic E-state index is 12.3. The predicted molar refractivity (Wildman–Crippen MR) is 130 cm³/mol. The molecule has 0 bridgehead atoms. The van der Waals surface area contributed by atoms with Gasteiger partial charge in [0, 0.05) is 0 Å². The van der Waals surface area contributed by atoms with Crippen LogP contribution in [0.5, 0.6) is 0 Å². The number of unbranched alkanes of at least 4 members (excludes halogenated alkanes) is 13. The molecule has 4 nitrogen and oxygen atoms in total. The summed E-state index contributed by atoms with van der Waals surface area (Å²) in [6, 6.07) is 0. The highest BCUT2D eigenvalue weighted by molar-refractivity contribution is 5.99. The van der Waals surface area contributed by atoms with E-state index in [1.807, 2.05) is 0 Å². The van der Waals surface area contributed by atoms with E-state index in [0.29, 0.717) is 19.1 Å². The number of carbonyl (C=O) groups excluding carboxylic acids is 2. The average molecular weight is 441 g/mol. The number of hydrogen-bond donors (Lipinski definition) is 0. The Morgan fingerprint density at radius 2 is 0.968 bits per heavy atom. The zero-order valence-electron chi connectivity index (χ0n) is 21.4. The molecule has 0 N–H and O–H groups in total. The predicted octanol–water partition coefficient (Wildman–Crippen LogP) is 8.02. The van der Waals surface area contributed by atoms with Gasteiger partial charge in [0.1, 0.15) is 0 Å². The van der Waals surface area contributed by atoms with Gasteiger partial charge in [-0.1, -0.05) is 104 Å². The van der Waals surface area contributed by atoms with Crippen LogP contribution in [0.15, 0.2) is 0 Å². The third kappa shape index (κ3) is 17.2. The Kier molecular flexibility index (Phi) is 18.9. The fraction of sp³-hybridized carbons (Fsp3) is 0.926. The Morgan fingerprint density at radius 3 is 1.35 bits per heavy atom. The second-order valence-electron chi connectivity index (χ2n) is 10.0. The van der Waals surface area contributed by atoms with Gasteiger partial charge in [0.15, 0.2) is 5.41 Å². The van der Waals surface area contributed by atoms with Crippen LogP contribution in [0.25, 0.3) is 0 Å². The van der Waals surface area contributed by atoms with E-state index in [-0.39, 0.29) is 0 Å². The normalized spacial score (nSPS) is 11.7. The van der Waals surface area contributed by atoms with Crippen molar-refractivity contribution in [2.45, 2.75) is 137 Å². The van der Waals surface area contributed by atoms with Gasteiger partial charge in [-0.3, -0.25) is 9.59 Å². The number of rotatable bonds is 21. The van der Waals surface area contributed by atoms with E-state index in [1.54, 1.807) is 13.8 Å². The lowest BCUT2D eigenvalue weighted by Gasteiger charge is -2.21. The molecule has 0 saturated heterocycles. The first-order valence-corrected chi connectivity index (χ1v) is 13.2. The number of esters is 2. The van der Waals surface area contributed by atoms with E-state index >= 15 is 0 Å². The van der Waals surface area contributed by atoms with Crippen LogP contribution in [0.4, 0.5) is 0 Å². The van der Waals surface area contributed by atoms with Crippen LogP contribution in [0, 0.1) is 11.3 Å². The fourth-order valence-corrected chi connectivity index (χ4v) is 3.56. The van der Waals surface area contributed by atoms with E-state index in [0.717, 1.165) is 25.7 Å². The maximum atomic E-state index is 12.3. The van der Waals surface area contributed by atoms with Crippen LogP contribution >= 0.6 is 0 Å². The molecule has 0 aromatic carbocycles. The minimum absolute atomic E-state index is 0.368. The molecule has 0 aliphatic carbocycles. The van der Waals surface area contributed by atoms with Crippen molar-refractivity contribution in [1.29, 1.82) is 0 Å². The zero-order valence-corrected chi connectivity index (χ0v) is 21.4. The summed E-state index contributed by atoms with van der Waals surface area (Å²) in [4.78, 5) is 24.4. The highest BCUT2D eigenvalue weighted by Crippen LogP contribution is 2.20. The summed E-state index contributed by atoms with van der Waals surface area (Å²) in [5, 5.41) is 0. The van der Waals surface area contributed by atoms with E-state index in [9.17, 15) is 9.59 Å². The molecule has 0 saturated carbocycles. The van der Waals surface area contributed by atoms with Gasteiger partial charge in [0.05, 0.1) is 13.2 Å². The topological polar surface area (TPSA) is 52.6 Å². The molecular formula is C27H52O4. The highest BCUT2D eigenvalue weighted by Gasteiger charge is 2.39. The molecule has 0 aromatic rings. The second-order valence-corrected chi connectivity index (χ2v) is 10.0. The van der Waals surface area contributed by atoms with E-state index in [4.69, 9.17) is 9.47 Å². The van der Waals surface area contributed by atoms with Crippen LogP contribution in [0.3, 0.4) is 0 Å². The van der Waals surface area contributed by atoms with Crippen molar-refractivity contribution in [3.05, 3.63) is 0 Å². The Hall–Kier alpha value is -1.06. The third-order valence-corrected chi connectivity index (χ3v) is 5.91. The molecule has 184 valence electrons. The number of carbonyl (C=O) groups is 2. The van der Waals surface area contributed by atoms with Crippen molar-refractivity contribution in [3.63, 3.8) is 0 Å². The summed E-state index contributed by atoms with van der Waals surface area (Å²) in [6.45, 7) is 10.5. The van der Waals surface area contributed by atoms with Gasteiger partial charge < -0.3 is 9.47 Å².